The topological polar surface area (TPSA) is 84.6 Å². The molecule has 0 fully saturated rings. The third-order valence-corrected chi connectivity index (χ3v) is 4.46. The van der Waals surface area contributed by atoms with Gasteiger partial charge in [0, 0.05) is 22.1 Å². The lowest BCUT2D eigenvalue weighted by Crippen LogP contribution is -2.19. The molecule has 124 valence electrons. The smallest absolute Gasteiger partial charge is 0.272 e. The van der Waals surface area contributed by atoms with E-state index in [9.17, 15) is 14.9 Å². The van der Waals surface area contributed by atoms with Crippen LogP contribution in [0.2, 0.25) is 0 Å². The van der Waals surface area contributed by atoms with Crippen molar-refractivity contribution in [2.75, 3.05) is 5.75 Å². The predicted molar refractivity (Wildman–Crippen MR) is 95.5 cm³/mol. The van der Waals surface area contributed by atoms with Crippen LogP contribution in [0.15, 0.2) is 52.5 Å². The number of benzene rings is 2. The molecule has 2 aromatic rings. The lowest BCUT2D eigenvalue weighted by Gasteiger charge is -2.04. The number of nitro benzene ring substituents is 1. The van der Waals surface area contributed by atoms with Crippen LogP contribution in [0.25, 0.3) is 0 Å². The van der Waals surface area contributed by atoms with Crippen molar-refractivity contribution in [2.24, 2.45) is 5.10 Å². The number of amides is 1. The number of thioether (sulfide) groups is 1. The summed E-state index contributed by atoms with van der Waals surface area (Å²) in [5.41, 5.74) is 4.70. The van der Waals surface area contributed by atoms with Crippen LogP contribution in [0, 0.1) is 24.0 Å². The molecule has 0 aliphatic heterocycles. The molecule has 0 heterocycles. The summed E-state index contributed by atoms with van der Waals surface area (Å²) in [7, 11) is 0. The lowest BCUT2D eigenvalue weighted by molar-refractivity contribution is -0.385. The van der Waals surface area contributed by atoms with E-state index in [2.05, 4.69) is 10.5 Å². The van der Waals surface area contributed by atoms with Crippen molar-refractivity contribution in [3.8, 4) is 0 Å². The number of carbonyl (C=O) groups is 1. The first-order valence-corrected chi connectivity index (χ1v) is 8.21. The molecule has 0 spiro atoms. The highest BCUT2D eigenvalue weighted by molar-refractivity contribution is 8.00. The van der Waals surface area contributed by atoms with Crippen LogP contribution in [0.3, 0.4) is 0 Å². The second-order valence-corrected chi connectivity index (χ2v) is 6.17. The van der Waals surface area contributed by atoms with E-state index >= 15 is 0 Å². The van der Waals surface area contributed by atoms with Gasteiger partial charge < -0.3 is 0 Å². The second-order valence-electron chi connectivity index (χ2n) is 5.15. The highest BCUT2D eigenvalue weighted by Gasteiger charge is 2.10. The minimum absolute atomic E-state index is 0.0281. The van der Waals surface area contributed by atoms with E-state index in [0.717, 1.165) is 10.5 Å². The van der Waals surface area contributed by atoms with E-state index in [0.29, 0.717) is 11.1 Å². The Kier molecular flexibility index (Phi) is 6.08. The van der Waals surface area contributed by atoms with Gasteiger partial charge in [0.05, 0.1) is 16.9 Å². The fourth-order valence-electron chi connectivity index (χ4n) is 1.98. The molecule has 6 nitrogen and oxygen atoms in total. The number of hydrogen-bond donors (Lipinski definition) is 1. The molecule has 1 N–H and O–H groups in total. The third-order valence-electron chi connectivity index (χ3n) is 3.29. The summed E-state index contributed by atoms with van der Waals surface area (Å²) in [5, 5.41) is 14.7. The molecular weight excluding hydrogens is 326 g/mol. The highest BCUT2D eigenvalue weighted by atomic mass is 32.2. The number of carbonyl (C=O) groups excluding carboxylic acids is 1. The van der Waals surface area contributed by atoms with Gasteiger partial charge in [-0.3, -0.25) is 14.9 Å². The molecule has 0 saturated carbocycles. The van der Waals surface area contributed by atoms with E-state index in [4.69, 9.17) is 0 Å². The van der Waals surface area contributed by atoms with Crippen molar-refractivity contribution in [1.82, 2.24) is 5.43 Å². The Hall–Kier alpha value is -2.67. The van der Waals surface area contributed by atoms with Crippen molar-refractivity contribution < 1.29 is 9.72 Å². The molecule has 0 saturated heterocycles. The maximum Gasteiger partial charge on any atom is 0.272 e. The molecular formula is C17H17N3O3S. The zero-order valence-electron chi connectivity index (χ0n) is 13.4. The second kappa shape index (κ2) is 8.26. The average Bonchev–Trinajstić information content (AvgIpc) is 2.55. The number of nitrogens with zero attached hydrogens (tertiary/aromatic N) is 2. The molecule has 24 heavy (non-hydrogen) atoms. The first kappa shape index (κ1) is 17.7. The SMILES string of the molecule is Cc1ccccc1SCC(=O)N/N=C\c1ccc(C)c([N+](=O)[O-])c1. The molecule has 0 atom stereocenters. The molecule has 1 amide bonds. The molecule has 7 heteroatoms. The van der Waals surface area contributed by atoms with E-state index in [1.165, 1.54) is 24.0 Å². The molecule has 0 unspecified atom stereocenters. The van der Waals surface area contributed by atoms with Gasteiger partial charge in [0.25, 0.3) is 5.69 Å². The van der Waals surface area contributed by atoms with Gasteiger partial charge in [0.2, 0.25) is 5.91 Å². The Morgan fingerprint density at radius 3 is 2.71 bits per heavy atom. The molecule has 2 aromatic carbocycles. The minimum Gasteiger partial charge on any atom is -0.272 e. The van der Waals surface area contributed by atoms with Gasteiger partial charge in [-0.05, 0) is 25.5 Å². The van der Waals surface area contributed by atoms with Crippen molar-refractivity contribution in [3.63, 3.8) is 0 Å². The number of nitrogens with one attached hydrogen (secondary N) is 1. The largest absolute Gasteiger partial charge is 0.272 e. The number of hydrazone groups is 1. The summed E-state index contributed by atoms with van der Waals surface area (Å²) in [6.45, 7) is 3.66. The van der Waals surface area contributed by atoms with E-state index < -0.39 is 4.92 Å². The van der Waals surface area contributed by atoms with Gasteiger partial charge in [-0.15, -0.1) is 11.8 Å². The van der Waals surface area contributed by atoms with Gasteiger partial charge in [-0.1, -0.05) is 30.3 Å². The fraction of sp³-hybridized carbons (Fsp3) is 0.176. The summed E-state index contributed by atoms with van der Waals surface area (Å²) in [6, 6.07) is 12.6. The third kappa shape index (κ3) is 4.92. The summed E-state index contributed by atoms with van der Waals surface area (Å²) in [4.78, 5) is 23.3. The summed E-state index contributed by atoms with van der Waals surface area (Å²) >= 11 is 1.43. The van der Waals surface area contributed by atoms with Crippen LogP contribution in [-0.4, -0.2) is 22.8 Å². The molecule has 2 rings (SSSR count). The molecule has 0 radical (unpaired) electrons. The minimum atomic E-state index is -0.440. The summed E-state index contributed by atoms with van der Waals surface area (Å²) in [5.74, 6) is 0.0112. The van der Waals surface area contributed by atoms with Crippen molar-refractivity contribution in [2.45, 2.75) is 18.7 Å². The average molecular weight is 343 g/mol. The first-order valence-electron chi connectivity index (χ1n) is 7.23. The summed E-state index contributed by atoms with van der Waals surface area (Å²) in [6.07, 6.45) is 1.39. The Bertz CT molecular complexity index is 790. The van der Waals surface area contributed by atoms with Crippen molar-refractivity contribution in [1.29, 1.82) is 0 Å². The Labute approximate surface area is 144 Å². The van der Waals surface area contributed by atoms with Gasteiger partial charge in [0.15, 0.2) is 0 Å². The van der Waals surface area contributed by atoms with E-state index in [-0.39, 0.29) is 17.3 Å². The van der Waals surface area contributed by atoms with Crippen molar-refractivity contribution >= 4 is 29.6 Å². The normalized spacial score (nSPS) is 10.8. The molecule has 0 aliphatic rings. The van der Waals surface area contributed by atoms with E-state index in [1.54, 1.807) is 19.1 Å². The Morgan fingerprint density at radius 2 is 2.00 bits per heavy atom. The number of aryl methyl sites for hydroxylation is 2. The Balaban J connectivity index is 1.90. The van der Waals surface area contributed by atoms with Crippen LogP contribution in [0.4, 0.5) is 5.69 Å². The van der Waals surface area contributed by atoms with Crippen LogP contribution in [-0.2, 0) is 4.79 Å². The Morgan fingerprint density at radius 1 is 1.25 bits per heavy atom. The van der Waals surface area contributed by atoms with Crippen LogP contribution < -0.4 is 5.43 Å². The van der Waals surface area contributed by atoms with Crippen LogP contribution in [0.1, 0.15) is 16.7 Å². The summed E-state index contributed by atoms with van der Waals surface area (Å²) < 4.78 is 0. The van der Waals surface area contributed by atoms with Gasteiger partial charge in [0.1, 0.15) is 0 Å². The zero-order valence-corrected chi connectivity index (χ0v) is 14.2. The maximum absolute atomic E-state index is 11.8. The molecule has 0 aromatic heterocycles. The van der Waals surface area contributed by atoms with Crippen molar-refractivity contribution in [3.05, 3.63) is 69.3 Å². The highest BCUT2D eigenvalue weighted by Crippen LogP contribution is 2.21. The number of nitro groups is 1. The molecule has 0 bridgehead atoms. The first-order chi connectivity index (χ1) is 11.5. The van der Waals surface area contributed by atoms with E-state index in [1.807, 2.05) is 31.2 Å². The predicted octanol–water partition coefficient (Wildman–Crippen LogP) is 3.45. The number of hydrogen-bond acceptors (Lipinski definition) is 5. The fourth-order valence-corrected chi connectivity index (χ4v) is 2.80. The zero-order chi connectivity index (χ0) is 17.5. The molecule has 0 aliphatic carbocycles. The van der Waals surface area contributed by atoms with Crippen LogP contribution in [0.5, 0.6) is 0 Å². The van der Waals surface area contributed by atoms with Gasteiger partial charge in [-0.2, -0.15) is 5.10 Å². The lowest BCUT2D eigenvalue weighted by atomic mass is 10.1. The standard InChI is InChI=1S/C17H17N3O3S/c1-12-7-8-14(9-15(12)20(22)23)10-18-19-17(21)11-24-16-6-4-3-5-13(16)2/h3-10H,11H2,1-2H3,(H,19,21)/b18-10-. The van der Waals surface area contributed by atoms with Gasteiger partial charge in [-0.25, -0.2) is 5.43 Å². The van der Waals surface area contributed by atoms with Crippen LogP contribution >= 0.6 is 11.8 Å². The van der Waals surface area contributed by atoms with Gasteiger partial charge >= 0.3 is 0 Å². The monoisotopic (exact) mass is 343 g/mol. The quantitative estimate of drug-likeness (QED) is 0.377. The maximum atomic E-state index is 11.8. The number of rotatable bonds is 6.